The Balaban J connectivity index is 0.000000144. The fourth-order valence-electron chi connectivity index (χ4n) is 15.0. The molecule has 13 aromatic carbocycles. The molecule has 0 aliphatic heterocycles. The lowest BCUT2D eigenvalue weighted by molar-refractivity contribution is 0.361. The fourth-order valence-corrected chi connectivity index (χ4v) is 15.0. The number of benzene rings is 13. The molecule has 594 valence electrons. The van der Waals surface area contributed by atoms with E-state index in [0.29, 0.717) is 0 Å². The monoisotopic (exact) mass is 1540 g/mol. The first-order chi connectivity index (χ1) is 57.3. The van der Waals surface area contributed by atoms with Gasteiger partial charge in [0.15, 0.2) is 0 Å². The van der Waals surface area contributed by atoms with Crippen LogP contribution in [0.3, 0.4) is 0 Å². The van der Waals surface area contributed by atoms with Gasteiger partial charge in [0.1, 0.15) is 23.0 Å². The lowest BCUT2D eigenvalue weighted by atomic mass is 9.88. The summed E-state index contributed by atoms with van der Waals surface area (Å²) in [5.41, 5.74) is 30.4. The summed E-state index contributed by atoms with van der Waals surface area (Å²) in [4.78, 5) is 9.66. The summed E-state index contributed by atoms with van der Waals surface area (Å²) in [5.74, 6) is 3.51. The summed E-state index contributed by atoms with van der Waals surface area (Å²) < 4.78 is 21.3. The third kappa shape index (κ3) is 26.1. The Morgan fingerprint density at radius 2 is 0.496 bits per heavy atom. The molecule has 0 bridgehead atoms. The van der Waals surface area contributed by atoms with Gasteiger partial charge in [0.25, 0.3) is 0 Å². The molecule has 0 unspecified atom stereocenters. The summed E-state index contributed by atoms with van der Waals surface area (Å²) in [6, 6.07) is 118. The quantitative estimate of drug-likeness (QED) is 0.0505. The molecule has 117 heavy (non-hydrogen) atoms. The van der Waals surface area contributed by atoms with Gasteiger partial charge in [-0.25, -0.2) is 0 Å². The highest BCUT2D eigenvalue weighted by molar-refractivity contribution is 5.79. The zero-order valence-corrected chi connectivity index (χ0v) is 69.9. The second-order valence-corrected chi connectivity index (χ2v) is 30.7. The molecule has 15 rings (SSSR count). The van der Waals surface area contributed by atoms with Crippen molar-refractivity contribution in [2.24, 2.45) is 0 Å². The Morgan fingerprint density at radius 3 is 0.778 bits per heavy atom. The summed E-state index contributed by atoms with van der Waals surface area (Å²) in [7, 11) is 6.80. The van der Waals surface area contributed by atoms with Crippen LogP contribution in [0.5, 0.6) is 23.0 Å². The third-order valence-electron chi connectivity index (χ3n) is 21.5. The molecule has 13 aromatic rings. The molecule has 8 nitrogen and oxygen atoms in total. The first-order valence-electron chi connectivity index (χ1n) is 41.1. The normalized spacial score (nSPS) is 12.6. The number of hydrogen-bond donors (Lipinski definition) is 0. The van der Waals surface area contributed by atoms with Crippen LogP contribution in [0.2, 0.25) is 0 Å². The van der Waals surface area contributed by atoms with Crippen molar-refractivity contribution in [2.75, 3.05) is 28.4 Å². The van der Waals surface area contributed by atoms with Crippen molar-refractivity contribution < 1.29 is 18.9 Å². The molecule has 0 saturated heterocycles. The average Bonchev–Trinajstić information content (AvgIpc) is 0.823. The third-order valence-corrected chi connectivity index (χ3v) is 21.5. The van der Waals surface area contributed by atoms with E-state index in [2.05, 4.69) is 364 Å². The van der Waals surface area contributed by atoms with Crippen LogP contribution in [0, 0.1) is 27.7 Å². The predicted octanol–water partition coefficient (Wildman–Crippen LogP) is 25.9. The second-order valence-electron chi connectivity index (χ2n) is 30.7. The predicted molar refractivity (Wildman–Crippen MR) is 488 cm³/mol. The maximum atomic E-state index is 5.33. The summed E-state index contributed by atoms with van der Waals surface area (Å²) in [5, 5.41) is 0. The van der Waals surface area contributed by atoms with E-state index in [-0.39, 0.29) is 0 Å². The molecule has 0 fully saturated rings. The standard InChI is InChI=1S/C30H29NO2.C27H29NO2.C27H29N.C25H27N/c1-32-28-17-13-24(14-18-28)21-31(22-25-15-19-29(33-2)20-16-25)23-30(26-9-5-3-6-10-26)27-11-7-4-8-12-27;1-29-25-14-10-21(11-15-25)18-28(19-22-12-16-26(30-2)17-13-22)20-24-8-5-7-23-6-3-4-9-27(23)24;1-21-10-14-23(15-11-21)18-28(19-24-16-12-22(2)13-17-24)20-26-8-5-7-25-6-3-4-9-27(25)26;1-20-9-13-23(14-10-20)18-26(19-24-15-11-21(2)12-16-24)17-22(3)25-7-5-4-6-8-25/h3-20,23H,21-22H2,1-2H3;3-4,6,9-17,20H,5,7-8,18-19H2,1-2H3;3-4,6,9-17,20H,5,7-8,18-19H2,1-2H3;4-17H,18-19H2,1-3H3/b;24-20+;26-20+;22-17+. The van der Waals surface area contributed by atoms with Crippen molar-refractivity contribution in [3.8, 4) is 23.0 Å². The molecular weight excluding hydrogens is 1430 g/mol. The van der Waals surface area contributed by atoms with Crippen LogP contribution in [0.4, 0.5) is 0 Å². The Morgan fingerprint density at radius 1 is 0.256 bits per heavy atom. The molecule has 8 heteroatoms. The van der Waals surface area contributed by atoms with E-state index in [1.165, 1.54) is 154 Å². The van der Waals surface area contributed by atoms with Crippen molar-refractivity contribution in [1.82, 2.24) is 19.6 Å². The topological polar surface area (TPSA) is 49.9 Å². The van der Waals surface area contributed by atoms with Crippen molar-refractivity contribution >= 4 is 22.3 Å². The highest BCUT2D eigenvalue weighted by Gasteiger charge is 2.19. The fraction of sp³-hybridized carbons (Fsp3) is 0.211. The lowest BCUT2D eigenvalue weighted by Crippen LogP contribution is -2.18. The van der Waals surface area contributed by atoms with Crippen molar-refractivity contribution in [3.05, 3.63) is 464 Å². The van der Waals surface area contributed by atoms with E-state index in [9.17, 15) is 0 Å². The van der Waals surface area contributed by atoms with Crippen molar-refractivity contribution in [3.63, 3.8) is 0 Å². The molecule has 2 aliphatic carbocycles. The van der Waals surface area contributed by atoms with Gasteiger partial charge in [0, 0.05) is 82.7 Å². The van der Waals surface area contributed by atoms with E-state index >= 15 is 0 Å². The largest absolute Gasteiger partial charge is 0.497 e. The number of allylic oxidation sites excluding steroid dienone is 3. The van der Waals surface area contributed by atoms with Crippen molar-refractivity contribution in [2.45, 2.75) is 126 Å². The highest BCUT2D eigenvalue weighted by atomic mass is 16.5. The summed E-state index contributed by atoms with van der Waals surface area (Å²) in [6.07, 6.45) is 16.5. The van der Waals surface area contributed by atoms with Gasteiger partial charge in [0.2, 0.25) is 0 Å². The zero-order chi connectivity index (χ0) is 81.3. The summed E-state index contributed by atoms with van der Waals surface area (Å²) in [6.45, 7) is 17.7. The van der Waals surface area contributed by atoms with Crippen LogP contribution in [-0.4, -0.2) is 48.0 Å². The first-order valence-corrected chi connectivity index (χ1v) is 41.1. The van der Waals surface area contributed by atoms with Gasteiger partial charge in [-0.1, -0.05) is 307 Å². The van der Waals surface area contributed by atoms with Gasteiger partial charge in [-0.2, -0.15) is 0 Å². The number of methoxy groups -OCH3 is 4. The van der Waals surface area contributed by atoms with Crippen LogP contribution in [-0.2, 0) is 65.2 Å². The molecule has 0 saturated carbocycles. The lowest BCUT2D eigenvalue weighted by Gasteiger charge is -2.26. The highest BCUT2D eigenvalue weighted by Crippen LogP contribution is 2.35. The number of aryl methyl sites for hydroxylation is 6. The van der Waals surface area contributed by atoms with Gasteiger partial charge in [0.05, 0.1) is 28.4 Å². The van der Waals surface area contributed by atoms with Crippen LogP contribution in [0.1, 0.15) is 138 Å². The zero-order valence-electron chi connectivity index (χ0n) is 69.9. The van der Waals surface area contributed by atoms with Gasteiger partial charge in [-0.3, -0.25) is 0 Å². The van der Waals surface area contributed by atoms with Gasteiger partial charge in [-0.15, -0.1) is 0 Å². The van der Waals surface area contributed by atoms with Gasteiger partial charge < -0.3 is 38.5 Å². The van der Waals surface area contributed by atoms with Gasteiger partial charge in [-0.05, 0) is 222 Å². The molecular formula is C109H114N4O4. The SMILES string of the molecule is C/C(=C\N(Cc1ccc(C)cc1)Cc1ccc(C)cc1)c1ccccc1.COc1ccc(CN(/C=C2\CCCc3ccccc32)Cc2ccc(OC)cc2)cc1.COc1ccc(CN(C=C(c2ccccc2)c2ccccc2)Cc2ccc(OC)cc2)cc1.Cc1ccc(CN(/C=C2\CCCc3ccccc32)Cc2ccc(C)cc2)cc1. The number of hydrogen-bond acceptors (Lipinski definition) is 8. The molecule has 0 atom stereocenters. The number of fused-ring (bicyclic) bond motifs is 2. The van der Waals surface area contributed by atoms with Crippen LogP contribution >= 0.6 is 0 Å². The maximum absolute atomic E-state index is 5.33. The van der Waals surface area contributed by atoms with E-state index < -0.39 is 0 Å². The first kappa shape index (κ1) is 83.6. The van der Waals surface area contributed by atoms with E-state index in [4.69, 9.17) is 18.9 Å². The molecule has 2 aliphatic rings. The Bertz CT molecular complexity index is 5040. The van der Waals surface area contributed by atoms with Gasteiger partial charge >= 0.3 is 0 Å². The Kier molecular flexibility index (Phi) is 31.2. The second kappa shape index (κ2) is 43.6. The van der Waals surface area contributed by atoms with E-state index in [1.807, 2.05) is 48.5 Å². The van der Waals surface area contributed by atoms with E-state index in [1.54, 1.807) is 28.4 Å². The summed E-state index contributed by atoms with van der Waals surface area (Å²) >= 11 is 0. The molecule has 0 spiro atoms. The Hall–Kier alpha value is -12.8. The Labute approximate surface area is 697 Å². The minimum absolute atomic E-state index is 0.777. The molecule has 0 heterocycles. The minimum atomic E-state index is 0.777. The van der Waals surface area contributed by atoms with E-state index in [0.717, 1.165) is 88.2 Å². The van der Waals surface area contributed by atoms with Crippen LogP contribution in [0.25, 0.3) is 22.3 Å². The number of nitrogens with zero attached hydrogens (tertiary/aromatic N) is 4. The molecule has 0 radical (unpaired) electrons. The van der Waals surface area contributed by atoms with Crippen molar-refractivity contribution in [1.29, 1.82) is 0 Å². The molecule has 0 aromatic heterocycles. The number of rotatable bonds is 27. The molecule has 0 amide bonds. The smallest absolute Gasteiger partial charge is 0.118 e. The minimum Gasteiger partial charge on any atom is -0.497 e. The van der Waals surface area contributed by atoms with Crippen LogP contribution in [0.15, 0.2) is 358 Å². The number of ether oxygens (including phenoxy) is 4. The molecule has 0 N–H and O–H groups in total. The van der Waals surface area contributed by atoms with Crippen LogP contribution < -0.4 is 18.9 Å². The average molecular weight is 1540 g/mol. The maximum Gasteiger partial charge on any atom is 0.118 e.